The number of phosphoric acid groups is 2. The number of ether oxygens (including phenoxy) is 4. The van der Waals surface area contributed by atoms with Gasteiger partial charge < -0.3 is 33.8 Å². The first kappa shape index (κ1) is 101. The zero-order valence-electron chi connectivity index (χ0n) is 67.6. The summed E-state index contributed by atoms with van der Waals surface area (Å²) in [5.41, 5.74) is 0. The molecule has 0 aromatic carbocycles. The minimum Gasteiger partial charge on any atom is -0.462 e. The number of carbonyl (C=O) groups excluding carboxylic acids is 4. The largest absolute Gasteiger partial charge is 0.472 e. The lowest BCUT2D eigenvalue weighted by Crippen LogP contribution is -2.30. The van der Waals surface area contributed by atoms with Gasteiger partial charge in [-0.3, -0.25) is 37.3 Å². The van der Waals surface area contributed by atoms with Crippen molar-refractivity contribution in [3.8, 4) is 0 Å². The highest BCUT2D eigenvalue weighted by molar-refractivity contribution is 7.47. The van der Waals surface area contributed by atoms with E-state index in [2.05, 4.69) is 41.5 Å². The predicted octanol–water partition coefficient (Wildman–Crippen LogP) is 25.5. The molecule has 103 heavy (non-hydrogen) atoms. The number of hydrogen-bond acceptors (Lipinski definition) is 15. The van der Waals surface area contributed by atoms with Crippen molar-refractivity contribution in [3.63, 3.8) is 0 Å². The first-order chi connectivity index (χ1) is 49.9. The van der Waals surface area contributed by atoms with E-state index in [4.69, 9.17) is 37.0 Å². The fourth-order valence-electron chi connectivity index (χ4n) is 13.1. The zero-order chi connectivity index (χ0) is 75.6. The van der Waals surface area contributed by atoms with Crippen molar-refractivity contribution in [1.29, 1.82) is 0 Å². The molecule has 0 radical (unpaired) electrons. The summed E-state index contributed by atoms with van der Waals surface area (Å²) >= 11 is 0. The minimum atomic E-state index is -4.96. The van der Waals surface area contributed by atoms with Crippen LogP contribution in [0.5, 0.6) is 0 Å². The molecule has 2 unspecified atom stereocenters. The topological polar surface area (TPSA) is 237 Å². The second-order valence-electron chi connectivity index (χ2n) is 31.2. The number of rotatable bonds is 83. The van der Waals surface area contributed by atoms with E-state index in [1.807, 2.05) is 0 Å². The number of esters is 4. The molecule has 0 aliphatic heterocycles. The Balaban J connectivity index is 5.24. The molecule has 0 aliphatic rings. The van der Waals surface area contributed by atoms with E-state index >= 15 is 0 Å². The second-order valence-corrected chi connectivity index (χ2v) is 34.1. The van der Waals surface area contributed by atoms with Crippen LogP contribution in [0, 0.1) is 11.8 Å². The average Bonchev–Trinajstić information content (AvgIpc) is 0.922. The van der Waals surface area contributed by atoms with E-state index in [1.54, 1.807) is 0 Å². The van der Waals surface area contributed by atoms with Crippen LogP contribution in [0.1, 0.15) is 446 Å². The van der Waals surface area contributed by atoms with Crippen LogP contribution < -0.4 is 0 Å². The normalized spacial score (nSPS) is 13.9. The lowest BCUT2D eigenvalue weighted by molar-refractivity contribution is -0.161. The van der Waals surface area contributed by atoms with Gasteiger partial charge in [0.05, 0.1) is 26.4 Å². The highest BCUT2D eigenvalue weighted by atomic mass is 31.2. The monoisotopic (exact) mass is 1510 g/mol. The zero-order valence-corrected chi connectivity index (χ0v) is 69.4. The maximum absolute atomic E-state index is 13.1. The predicted molar refractivity (Wildman–Crippen MR) is 423 cm³/mol. The summed E-state index contributed by atoms with van der Waals surface area (Å²) < 4.78 is 68.9. The number of unbranched alkanes of at least 4 members (excludes halogenated alkanes) is 53. The summed E-state index contributed by atoms with van der Waals surface area (Å²) in [6.07, 6.45) is 66.5. The third-order valence-electron chi connectivity index (χ3n) is 19.7. The molecule has 0 aliphatic carbocycles. The van der Waals surface area contributed by atoms with Crippen molar-refractivity contribution in [2.45, 2.75) is 464 Å². The Morgan fingerprint density at radius 2 is 0.447 bits per heavy atom. The van der Waals surface area contributed by atoms with Crippen molar-refractivity contribution >= 4 is 39.5 Å². The Hall–Kier alpha value is -1.94. The van der Waals surface area contributed by atoms with Gasteiger partial charge >= 0.3 is 39.5 Å². The van der Waals surface area contributed by atoms with Gasteiger partial charge in [-0.25, -0.2) is 9.13 Å². The van der Waals surface area contributed by atoms with Crippen LogP contribution in [0.15, 0.2) is 0 Å². The molecular weight excluding hydrogens is 1340 g/mol. The third kappa shape index (κ3) is 78.0. The third-order valence-corrected chi connectivity index (χ3v) is 21.6. The molecule has 0 saturated heterocycles. The molecule has 0 saturated carbocycles. The Labute approximate surface area is 632 Å². The lowest BCUT2D eigenvalue weighted by atomic mass is 10.0. The van der Waals surface area contributed by atoms with E-state index in [9.17, 15) is 43.2 Å². The SMILES string of the molecule is CCCCCCCCCCCCCCCCCC(=O)OC[C@H](COP(=O)(O)OC[C@@H](O)COP(=O)(O)OC[C@@H](COC(=O)CCCCCCCCCCCCCCC)OC(=O)CCCCCCCCCCCCCC(C)C)OC(=O)CCCCCCCCCCCCCCCCCCCCC(C)C. The second kappa shape index (κ2) is 75.5. The molecule has 3 N–H and O–H groups in total. The van der Waals surface area contributed by atoms with Crippen molar-refractivity contribution in [2.75, 3.05) is 39.6 Å². The van der Waals surface area contributed by atoms with Crippen molar-refractivity contribution in [1.82, 2.24) is 0 Å². The molecule has 17 nitrogen and oxygen atoms in total. The van der Waals surface area contributed by atoms with E-state index in [0.717, 1.165) is 102 Å². The van der Waals surface area contributed by atoms with Crippen molar-refractivity contribution < 1.29 is 80.2 Å². The van der Waals surface area contributed by atoms with Crippen molar-refractivity contribution in [2.24, 2.45) is 11.8 Å². The standard InChI is InChI=1S/C84H164O17P2/c1-7-9-11-13-15-17-19-21-26-31-37-43-49-55-61-67-82(87)95-72-79(100-83(88)68-62-56-50-44-38-32-28-25-23-22-24-27-30-34-40-46-52-58-64-76(3)4)74-98-102(90,91)96-70-78(85)71-97-103(92,93)99-75-80(73-94-81(86)66-60-54-48-42-36-29-20-18-16-14-12-10-8-2)101-84(89)69-63-57-51-45-39-33-35-41-47-53-59-65-77(5)6/h76-80,85H,7-75H2,1-6H3,(H,90,91)(H,92,93)/t78-,79-,80-/m1/s1. The minimum absolute atomic E-state index is 0.107. The van der Waals surface area contributed by atoms with E-state index in [1.165, 1.54) is 263 Å². The molecule has 612 valence electrons. The van der Waals surface area contributed by atoms with Crippen molar-refractivity contribution in [3.05, 3.63) is 0 Å². The van der Waals surface area contributed by atoms with Gasteiger partial charge in [0, 0.05) is 25.7 Å². The molecule has 0 aromatic heterocycles. The highest BCUT2D eigenvalue weighted by Gasteiger charge is 2.30. The fourth-order valence-corrected chi connectivity index (χ4v) is 14.6. The number of carbonyl (C=O) groups is 4. The summed E-state index contributed by atoms with van der Waals surface area (Å²) in [6, 6.07) is 0. The summed E-state index contributed by atoms with van der Waals surface area (Å²) in [6.45, 7) is 9.70. The van der Waals surface area contributed by atoms with Crippen LogP contribution in [0.3, 0.4) is 0 Å². The van der Waals surface area contributed by atoms with E-state index < -0.39 is 97.5 Å². The summed E-state index contributed by atoms with van der Waals surface area (Å²) in [7, 11) is -9.92. The summed E-state index contributed by atoms with van der Waals surface area (Å²) in [5, 5.41) is 10.7. The first-order valence-corrected chi connectivity index (χ1v) is 46.5. The number of phosphoric ester groups is 2. The Bertz CT molecular complexity index is 1980. The molecular formula is C84H164O17P2. The molecule has 0 aromatic rings. The van der Waals surface area contributed by atoms with Gasteiger partial charge in [-0.05, 0) is 37.5 Å². The molecule has 0 rings (SSSR count). The van der Waals surface area contributed by atoms with Crippen LogP contribution in [-0.4, -0.2) is 96.7 Å². The molecule has 0 amide bonds. The van der Waals surface area contributed by atoms with Crippen LogP contribution in [0.2, 0.25) is 0 Å². The molecule has 5 atom stereocenters. The van der Waals surface area contributed by atoms with Gasteiger partial charge in [-0.2, -0.15) is 0 Å². The maximum Gasteiger partial charge on any atom is 0.472 e. The number of aliphatic hydroxyl groups excluding tert-OH is 1. The van der Waals surface area contributed by atoms with E-state index in [-0.39, 0.29) is 25.7 Å². The maximum atomic E-state index is 13.1. The molecule has 0 fully saturated rings. The van der Waals surface area contributed by atoms with Gasteiger partial charge in [0.15, 0.2) is 12.2 Å². The summed E-state index contributed by atoms with van der Waals surface area (Å²) in [5.74, 6) is -0.516. The fraction of sp³-hybridized carbons (Fsp3) is 0.952. The number of aliphatic hydroxyl groups is 1. The van der Waals surface area contributed by atoms with Gasteiger partial charge in [0.25, 0.3) is 0 Å². The van der Waals surface area contributed by atoms with Gasteiger partial charge in [-0.1, -0.05) is 395 Å². The van der Waals surface area contributed by atoms with Gasteiger partial charge in [-0.15, -0.1) is 0 Å². The van der Waals surface area contributed by atoms with Crippen LogP contribution >= 0.6 is 15.6 Å². The summed E-state index contributed by atoms with van der Waals surface area (Å²) in [4.78, 5) is 73.2. The van der Waals surface area contributed by atoms with Crippen LogP contribution in [0.25, 0.3) is 0 Å². The van der Waals surface area contributed by atoms with Crippen LogP contribution in [-0.2, 0) is 65.4 Å². The Kier molecular flexibility index (Phi) is 74.1. The number of hydrogen-bond donors (Lipinski definition) is 3. The molecule has 0 heterocycles. The van der Waals surface area contributed by atoms with Gasteiger partial charge in [0.1, 0.15) is 19.3 Å². The smallest absolute Gasteiger partial charge is 0.462 e. The van der Waals surface area contributed by atoms with Crippen LogP contribution in [0.4, 0.5) is 0 Å². The molecule has 0 spiro atoms. The average molecular weight is 1510 g/mol. The molecule has 19 heteroatoms. The lowest BCUT2D eigenvalue weighted by Gasteiger charge is -2.21. The van der Waals surface area contributed by atoms with E-state index in [0.29, 0.717) is 25.7 Å². The highest BCUT2D eigenvalue weighted by Crippen LogP contribution is 2.45. The Morgan fingerprint density at radius 3 is 0.660 bits per heavy atom. The first-order valence-electron chi connectivity index (χ1n) is 43.5. The van der Waals surface area contributed by atoms with Gasteiger partial charge in [0.2, 0.25) is 0 Å². The quantitative estimate of drug-likeness (QED) is 0.0222. The Morgan fingerprint density at radius 1 is 0.262 bits per heavy atom. The molecule has 0 bridgehead atoms.